The molecule has 0 bridgehead atoms. The van der Waals surface area contributed by atoms with Gasteiger partial charge in [0.05, 0.1) is 0 Å². The topological polar surface area (TPSA) is 46.5 Å². The van der Waals surface area contributed by atoms with Crippen molar-refractivity contribution in [2.75, 3.05) is 0 Å². The lowest BCUT2D eigenvalue weighted by molar-refractivity contribution is 0.192. The molecule has 0 amide bonds. The van der Waals surface area contributed by atoms with Gasteiger partial charge in [-0.3, -0.25) is 4.46 Å². The van der Waals surface area contributed by atoms with Crippen LogP contribution in [0.25, 0.3) is 0 Å². The summed E-state index contributed by atoms with van der Waals surface area (Å²) >= 11 is 0. The van der Waals surface area contributed by atoms with Crippen molar-refractivity contribution in [1.29, 1.82) is 0 Å². The summed E-state index contributed by atoms with van der Waals surface area (Å²) in [5, 5.41) is 0. The first-order valence-corrected chi connectivity index (χ1v) is 3.45. The molecule has 3 nitrogen and oxygen atoms in total. The molecule has 0 aromatic heterocycles. The van der Waals surface area contributed by atoms with Crippen molar-refractivity contribution in [1.82, 2.24) is 0 Å². The van der Waals surface area contributed by atoms with E-state index in [4.69, 9.17) is 4.80 Å². The summed E-state index contributed by atoms with van der Waals surface area (Å²) < 4.78 is 14.3. The zero-order valence-corrected chi connectivity index (χ0v) is 5.63. The van der Waals surface area contributed by atoms with Gasteiger partial charge < -0.3 is 9.22 Å². The predicted octanol–water partition coefficient (Wildman–Crippen LogP) is -0.0148. The number of hydrogen-bond donors (Lipinski definition) is 1. The normalized spacial score (nSPS) is 12.1. The molecule has 0 rings (SSSR count). The molecule has 0 saturated carbocycles. The highest BCUT2D eigenvalue weighted by atomic mass is 28.3. The van der Waals surface area contributed by atoms with Crippen LogP contribution in [0.3, 0.4) is 0 Å². The average Bonchev–Trinajstić information content (AvgIpc) is 1.65. The van der Waals surface area contributed by atoms with E-state index >= 15 is 0 Å². The van der Waals surface area contributed by atoms with Crippen LogP contribution in [0.4, 0.5) is 0 Å². The Morgan fingerprint density at radius 1 is 2.00 bits per heavy atom. The summed E-state index contributed by atoms with van der Waals surface area (Å²) in [6, 6.07) is 0. The minimum absolute atomic E-state index is 0.327. The van der Waals surface area contributed by atoms with Gasteiger partial charge in [0.1, 0.15) is 6.10 Å². The fourth-order valence-corrected chi connectivity index (χ4v) is 0.621. The zero-order chi connectivity index (χ0) is 6.57. The van der Waals surface area contributed by atoms with Gasteiger partial charge >= 0.3 is 9.17 Å². The first kappa shape index (κ1) is 7.36. The highest BCUT2D eigenvalue weighted by Crippen LogP contribution is 1.87. The van der Waals surface area contributed by atoms with Crippen LogP contribution in [0.5, 0.6) is 0 Å². The van der Waals surface area contributed by atoms with Crippen LogP contribution in [0.15, 0.2) is 12.7 Å². The Kier molecular flexibility index (Phi) is 3.10. The maximum atomic E-state index is 9.88. The van der Waals surface area contributed by atoms with Gasteiger partial charge in [-0.15, -0.1) is 0 Å². The van der Waals surface area contributed by atoms with Crippen LogP contribution < -0.4 is 0 Å². The van der Waals surface area contributed by atoms with Gasteiger partial charge in [-0.05, 0) is 6.92 Å². The molecule has 0 radical (unpaired) electrons. The van der Waals surface area contributed by atoms with Crippen molar-refractivity contribution >= 4 is 9.17 Å². The lowest BCUT2D eigenvalue weighted by Crippen LogP contribution is -2.12. The quantitative estimate of drug-likeness (QED) is 0.434. The maximum absolute atomic E-state index is 9.88. The first-order chi connectivity index (χ1) is 3.66. The molecule has 0 aromatic rings. The first-order valence-electron chi connectivity index (χ1n) is 2.19. The largest absolute Gasteiger partial charge is 0.765 e. The fraction of sp³-hybridized carbons (Fsp3) is 0.500. The minimum atomic E-state index is -2.77. The van der Waals surface area contributed by atoms with Gasteiger partial charge in [0, 0.05) is 0 Å². The van der Waals surface area contributed by atoms with Gasteiger partial charge in [0.2, 0.25) is 0 Å². The molecule has 0 aliphatic carbocycles. The van der Waals surface area contributed by atoms with Crippen LogP contribution in [-0.4, -0.2) is 20.1 Å². The summed E-state index contributed by atoms with van der Waals surface area (Å²) in [4.78, 5) is 8.13. The highest BCUT2D eigenvalue weighted by Gasteiger charge is 2.05. The SMILES string of the molecule is C=CC(C)O[Si](=O)O. The van der Waals surface area contributed by atoms with Crippen molar-refractivity contribution in [2.45, 2.75) is 13.0 Å². The Morgan fingerprint density at radius 2 is 2.50 bits per heavy atom. The fourth-order valence-electron chi connectivity index (χ4n) is 0.207. The molecule has 0 aromatic carbocycles. The van der Waals surface area contributed by atoms with Crippen molar-refractivity contribution in [3.05, 3.63) is 12.7 Å². The third-order valence-corrected chi connectivity index (χ3v) is 1.19. The van der Waals surface area contributed by atoms with Crippen molar-refractivity contribution in [2.24, 2.45) is 0 Å². The molecule has 8 heavy (non-hydrogen) atoms. The second-order valence-electron chi connectivity index (χ2n) is 1.32. The number of hydrogen-bond acceptors (Lipinski definition) is 2. The Morgan fingerprint density at radius 3 is 2.62 bits per heavy atom. The molecule has 0 heterocycles. The second-order valence-corrected chi connectivity index (χ2v) is 2.09. The molecular weight excluding hydrogens is 124 g/mol. The van der Waals surface area contributed by atoms with Gasteiger partial charge in [0.15, 0.2) is 0 Å². The minimum Gasteiger partial charge on any atom is -0.511 e. The number of rotatable bonds is 3. The molecule has 46 valence electrons. The van der Waals surface area contributed by atoms with Gasteiger partial charge in [-0.2, -0.15) is 0 Å². The third-order valence-electron chi connectivity index (χ3n) is 0.619. The van der Waals surface area contributed by atoms with Gasteiger partial charge in [-0.25, -0.2) is 0 Å². The molecule has 0 aliphatic heterocycles. The molecule has 1 atom stereocenters. The summed E-state index contributed by atoms with van der Waals surface area (Å²) in [7, 11) is -2.77. The second kappa shape index (κ2) is 3.37. The van der Waals surface area contributed by atoms with E-state index in [-0.39, 0.29) is 6.10 Å². The summed E-state index contributed by atoms with van der Waals surface area (Å²) in [6.45, 7) is 5.00. The Labute approximate surface area is 49.5 Å². The van der Waals surface area contributed by atoms with E-state index in [1.165, 1.54) is 6.08 Å². The Hall–Kier alpha value is -0.643. The van der Waals surface area contributed by atoms with Crippen LogP contribution in [0.2, 0.25) is 0 Å². The predicted molar refractivity (Wildman–Crippen MR) is 29.4 cm³/mol. The van der Waals surface area contributed by atoms with E-state index in [0.29, 0.717) is 0 Å². The molecule has 0 spiro atoms. The van der Waals surface area contributed by atoms with E-state index in [2.05, 4.69) is 11.0 Å². The van der Waals surface area contributed by atoms with Crippen molar-refractivity contribution < 1.29 is 13.7 Å². The van der Waals surface area contributed by atoms with E-state index < -0.39 is 9.17 Å². The standard InChI is InChI=1S/C4H8O3Si/c1-3-4(2)7-8(5)6/h3-5H,1H2,2H3. The van der Waals surface area contributed by atoms with Crippen LogP contribution in [0, 0.1) is 0 Å². The maximum Gasteiger partial charge on any atom is 0.765 e. The molecule has 4 heteroatoms. The molecular formula is C4H8O3Si. The van der Waals surface area contributed by atoms with Gasteiger partial charge in [-0.1, -0.05) is 12.7 Å². The lowest BCUT2D eigenvalue weighted by Gasteiger charge is -2.01. The smallest absolute Gasteiger partial charge is 0.511 e. The van der Waals surface area contributed by atoms with Crippen LogP contribution in [-0.2, 0) is 8.89 Å². The highest BCUT2D eigenvalue weighted by molar-refractivity contribution is 6.24. The molecule has 0 saturated heterocycles. The summed E-state index contributed by atoms with van der Waals surface area (Å²) in [5.41, 5.74) is 0. The van der Waals surface area contributed by atoms with Gasteiger partial charge in [0.25, 0.3) is 0 Å². The molecule has 0 fully saturated rings. The molecule has 1 N–H and O–H groups in total. The van der Waals surface area contributed by atoms with Crippen molar-refractivity contribution in [3.63, 3.8) is 0 Å². The van der Waals surface area contributed by atoms with E-state index in [1.807, 2.05) is 0 Å². The third kappa shape index (κ3) is 3.54. The monoisotopic (exact) mass is 132 g/mol. The lowest BCUT2D eigenvalue weighted by atomic mass is 10.4. The van der Waals surface area contributed by atoms with Crippen LogP contribution in [0.1, 0.15) is 6.92 Å². The summed E-state index contributed by atoms with van der Waals surface area (Å²) in [5.74, 6) is 0. The molecule has 0 aliphatic rings. The van der Waals surface area contributed by atoms with Crippen molar-refractivity contribution in [3.8, 4) is 0 Å². The zero-order valence-electron chi connectivity index (χ0n) is 4.63. The summed E-state index contributed by atoms with van der Waals surface area (Å²) in [6.07, 6.45) is 1.13. The van der Waals surface area contributed by atoms with E-state index in [1.54, 1.807) is 6.92 Å². The molecule has 1 unspecified atom stereocenters. The van der Waals surface area contributed by atoms with E-state index in [9.17, 15) is 4.46 Å². The van der Waals surface area contributed by atoms with Crippen LogP contribution >= 0.6 is 0 Å². The Bertz CT molecular complexity index is 101. The average molecular weight is 132 g/mol. The van der Waals surface area contributed by atoms with E-state index in [0.717, 1.165) is 0 Å². The Balaban J connectivity index is 3.38.